The number of halogens is 1. The van der Waals surface area contributed by atoms with E-state index in [-0.39, 0.29) is 11.8 Å². The lowest BCUT2D eigenvalue weighted by atomic mass is 10.2. The second-order valence-corrected chi connectivity index (χ2v) is 5.52. The molecule has 3 aromatic rings. The first-order chi connectivity index (χ1) is 12.1. The normalized spacial score (nSPS) is 10.5. The monoisotopic (exact) mass is 339 g/mol. The highest BCUT2D eigenvalue weighted by Gasteiger charge is 2.09. The molecule has 6 nitrogen and oxygen atoms in total. The van der Waals surface area contributed by atoms with Crippen molar-refractivity contribution in [3.63, 3.8) is 0 Å². The van der Waals surface area contributed by atoms with E-state index in [9.17, 15) is 9.18 Å². The predicted octanol–water partition coefficient (Wildman–Crippen LogP) is 2.62. The lowest BCUT2D eigenvalue weighted by Crippen LogP contribution is -2.34. The molecule has 3 rings (SSSR count). The minimum Gasteiger partial charge on any atom is -0.334 e. The Morgan fingerprint density at radius 2 is 1.88 bits per heavy atom. The van der Waals surface area contributed by atoms with Gasteiger partial charge in [-0.25, -0.2) is 9.18 Å². The van der Waals surface area contributed by atoms with Crippen LogP contribution in [0.15, 0.2) is 54.7 Å². The highest BCUT2D eigenvalue weighted by molar-refractivity contribution is 5.73. The largest absolute Gasteiger partial charge is 0.334 e. The Morgan fingerprint density at radius 1 is 1.12 bits per heavy atom. The van der Waals surface area contributed by atoms with Gasteiger partial charge in [-0.05, 0) is 35.9 Å². The summed E-state index contributed by atoms with van der Waals surface area (Å²) in [4.78, 5) is 16.2. The molecule has 2 amide bonds. The van der Waals surface area contributed by atoms with Crippen LogP contribution in [0.1, 0.15) is 11.3 Å². The molecule has 2 N–H and O–H groups in total. The van der Waals surface area contributed by atoms with Gasteiger partial charge < -0.3 is 10.6 Å². The summed E-state index contributed by atoms with van der Waals surface area (Å²) in [5.41, 5.74) is 3.26. The van der Waals surface area contributed by atoms with Gasteiger partial charge in [-0.3, -0.25) is 9.67 Å². The molecule has 25 heavy (non-hydrogen) atoms. The Bertz CT molecular complexity index is 846. The second kappa shape index (κ2) is 7.57. The van der Waals surface area contributed by atoms with Crippen molar-refractivity contribution >= 4 is 6.03 Å². The van der Waals surface area contributed by atoms with E-state index in [1.807, 2.05) is 31.3 Å². The van der Waals surface area contributed by atoms with Crippen LogP contribution in [-0.2, 0) is 20.1 Å². The summed E-state index contributed by atoms with van der Waals surface area (Å²) in [6.07, 6.45) is 1.73. The van der Waals surface area contributed by atoms with Gasteiger partial charge in [0.2, 0.25) is 0 Å². The van der Waals surface area contributed by atoms with Crippen molar-refractivity contribution in [3.05, 3.63) is 71.8 Å². The zero-order chi connectivity index (χ0) is 17.6. The summed E-state index contributed by atoms with van der Waals surface area (Å²) in [6, 6.07) is 13.2. The molecule has 128 valence electrons. The molecule has 7 heteroatoms. The van der Waals surface area contributed by atoms with Gasteiger partial charge in [0, 0.05) is 19.8 Å². The summed E-state index contributed by atoms with van der Waals surface area (Å²) < 4.78 is 14.6. The van der Waals surface area contributed by atoms with Gasteiger partial charge in [0.15, 0.2) is 0 Å². The zero-order valence-corrected chi connectivity index (χ0v) is 13.7. The molecule has 0 aliphatic rings. The topological polar surface area (TPSA) is 71.8 Å². The molecule has 0 atom stereocenters. The summed E-state index contributed by atoms with van der Waals surface area (Å²) in [6.45, 7) is 0.628. The van der Waals surface area contributed by atoms with Crippen LogP contribution in [-0.4, -0.2) is 20.8 Å². The number of nitrogens with zero attached hydrogens (tertiary/aromatic N) is 3. The number of nitrogens with one attached hydrogen (secondary N) is 2. The SMILES string of the molecule is Cn1nc(CNC(=O)NCc2ccc(F)cc2)cc1-c1ccccn1. The Balaban J connectivity index is 1.53. The van der Waals surface area contributed by atoms with Gasteiger partial charge in [-0.2, -0.15) is 5.10 Å². The van der Waals surface area contributed by atoms with Crippen LogP contribution in [0.2, 0.25) is 0 Å². The number of amides is 2. The average Bonchev–Trinajstić information content (AvgIpc) is 3.01. The van der Waals surface area contributed by atoms with Crippen molar-refractivity contribution in [1.29, 1.82) is 0 Å². The van der Waals surface area contributed by atoms with Crippen molar-refractivity contribution in [1.82, 2.24) is 25.4 Å². The molecule has 0 spiro atoms. The number of carbonyl (C=O) groups is 1. The number of benzene rings is 1. The van der Waals surface area contributed by atoms with Crippen molar-refractivity contribution < 1.29 is 9.18 Å². The molecular formula is C18H18FN5O. The highest BCUT2D eigenvalue weighted by Crippen LogP contribution is 2.16. The summed E-state index contributed by atoms with van der Waals surface area (Å²) in [5, 5.41) is 9.85. The fourth-order valence-electron chi connectivity index (χ4n) is 2.38. The van der Waals surface area contributed by atoms with Crippen LogP contribution in [0.3, 0.4) is 0 Å². The summed E-state index contributed by atoms with van der Waals surface area (Å²) in [5.74, 6) is -0.299. The Morgan fingerprint density at radius 3 is 2.60 bits per heavy atom. The van der Waals surface area contributed by atoms with Gasteiger partial charge in [-0.1, -0.05) is 18.2 Å². The Hall–Kier alpha value is -3.22. The van der Waals surface area contributed by atoms with Gasteiger partial charge in [0.05, 0.1) is 23.6 Å². The number of rotatable bonds is 5. The molecule has 0 radical (unpaired) electrons. The van der Waals surface area contributed by atoms with Crippen molar-refractivity contribution in [2.75, 3.05) is 0 Å². The molecule has 2 aromatic heterocycles. The summed E-state index contributed by atoms with van der Waals surface area (Å²) in [7, 11) is 1.84. The second-order valence-electron chi connectivity index (χ2n) is 5.52. The maximum absolute atomic E-state index is 12.8. The van der Waals surface area contributed by atoms with Crippen LogP contribution >= 0.6 is 0 Å². The lowest BCUT2D eigenvalue weighted by molar-refractivity contribution is 0.240. The van der Waals surface area contributed by atoms with Crippen LogP contribution in [0.4, 0.5) is 9.18 Å². The van der Waals surface area contributed by atoms with Gasteiger partial charge in [-0.15, -0.1) is 0 Å². The molecule has 0 aliphatic heterocycles. The van der Waals surface area contributed by atoms with E-state index in [0.717, 1.165) is 22.6 Å². The first-order valence-electron chi connectivity index (χ1n) is 7.82. The quantitative estimate of drug-likeness (QED) is 0.750. The first kappa shape index (κ1) is 16.6. The van der Waals surface area contributed by atoms with Crippen molar-refractivity contribution in [2.24, 2.45) is 7.05 Å². The smallest absolute Gasteiger partial charge is 0.315 e. The molecule has 0 fully saturated rings. The van der Waals surface area contributed by atoms with Crippen molar-refractivity contribution in [2.45, 2.75) is 13.1 Å². The number of aromatic nitrogens is 3. The average molecular weight is 339 g/mol. The molecule has 0 bridgehead atoms. The van der Waals surface area contributed by atoms with Crippen LogP contribution in [0.25, 0.3) is 11.4 Å². The molecule has 0 saturated heterocycles. The zero-order valence-electron chi connectivity index (χ0n) is 13.7. The number of hydrogen-bond donors (Lipinski definition) is 2. The minimum absolute atomic E-state index is 0.299. The van der Waals surface area contributed by atoms with E-state index in [1.165, 1.54) is 12.1 Å². The molecule has 2 heterocycles. The van der Waals surface area contributed by atoms with Crippen molar-refractivity contribution in [3.8, 4) is 11.4 Å². The van der Waals surface area contributed by atoms with E-state index >= 15 is 0 Å². The third-order valence-electron chi connectivity index (χ3n) is 3.65. The van der Waals surface area contributed by atoms with Crippen LogP contribution in [0.5, 0.6) is 0 Å². The molecule has 1 aromatic carbocycles. The van der Waals surface area contributed by atoms with Gasteiger partial charge >= 0.3 is 6.03 Å². The predicted molar refractivity (Wildman–Crippen MR) is 91.9 cm³/mol. The fraction of sp³-hybridized carbons (Fsp3) is 0.167. The number of hydrogen-bond acceptors (Lipinski definition) is 3. The number of carbonyl (C=O) groups excluding carboxylic acids is 1. The van der Waals surface area contributed by atoms with Crippen LogP contribution < -0.4 is 10.6 Å². The number of aryl methyl sites for hydroxylation is 1. The minimum atomic E-state index is -0.311. The third kappa shape index (κ3) is 4.41. The summed E-state index contributed by atoms with van der Waals surface area (Å²) >= 11 is 0. The van der Waals surface area contributed by atoms with E-state index in [0.29, 0.717) is 13.1 Å². The van der Waals surface area contributed by atoms with Gasteiger partial charge in [0.25, 0.3) is 0 Å². The fourth-order valence-corrected chi connectivity index (χ4v) is 2.38. The van der Waals surface area contributed by atoms with E-state index < -0.39 is 0 Å². The lowest BCUT2D eigenvalue weighted by Gasteiger charge is -2.06. The van der Waals surface area contributed by atoms with Crippen LogP contribution in [0, 0.1) is 5.82 Å². The molecule has 0 saturated carbocycles. The van der Waals surface area contributed by atoms with E-state index in [4.69, 9.17) is 0 Å². The Kier molecular flexibility index (Phi) is 5.03. The highest BCUT2D eigenvalue weighted by atomic mass is 19.1. The first-order valence-corrected chi connectivity index (χ1v) is 7.82. The molecule has 0 unspecified atom stereocenters. The molecular weight excluding hydrogens is 321 g/mol. The number of pyridine rings is 1. The van der Waals surface area contributed by atoms with E-state index in [1.54, 1.807) is 23.0 Å². The number of urea groups is 1. The molecule has 0 aliphatic carbocycles. The third-order valence-corrected chi connectivity index (χ3v) is 3.65. The standard InChI is InChI=1S/C18H18FN5O/c1-24-17(16-4-2-3-9-20-16)10-15(23-24)12-22-18(25)21-11-13-5-7-14(19)8-6-13/h2-10H,11-12H2,1H3,(H2,21,22,25). The van der Waals surface area contributed by atoms with E-state index in [2.05, 4.69) is 20.7 Å². The maximum Gasteiger partial charge on any atom is 0.315 e. The van der Waals surface area contributed by atoms with Gasteiger partial charge in [0.1, 0.15) is 5.82 Å². The Labute approximate surface area is 144 Å². The maximum atomic E-state index is 12.8.